The van der Waals surface area contributed by atoms with Crippen molar-refractivity contribution in [2.24, 2.45) is 5.41 Å². The van der Waals surface area contributed by atoms with E-state index in [4.69, 9.17) is 0 Å². The lowest BCUT2D eigenvalue weighted by molar-refractivity contribution is 0.0790. The lowest BCUT2D eigenvalue weighted by Crippen LogP contribution is -2.46. The summed E-state index contributed by atoms with van der Waals surface area (Å²) in [7, 11) is 8.85. The Labute approximate surface area is 150 Å². The molecule has 3 nitrogen and oxygen atoms in total. The summed E-state index contributed by atoms with van der Waals surface area (Å²) in [6.45, 7) is 9.96. The minimum atomic E-state index is 0.439. The quantitative estimate of drug-likeness (QED) is 0.756. The van der Waals surface area contributed by atoms with Crippen molar-refractivity contribution in [1.29, 1.82) is 0 Å². The van der Waals surface area contributed by atoms with Gasteiger partial charge in [0.2, 0.25) is 0 Å². The second-order valence-electron chi connectivity index (χ2n) is 7.51. The highest BCUT2D eigenvalue weighted by Crippen LogP contribution is 2.35. The number of hydrogen-bond donors (Lipinski definition) is 0. The van der Waals surface area contributed by atoms with Crippen LogP contribution in [0.5, 0.6) is 0 Å². The molecule has 1 aromatic rings. The van der Waals surface area contributed by atoms with Gasteiger partial charge >= 0.3 is 0 Å². The van der Waals surface area contributed by atoms with Crippen LogP contribution in [0.4, 0.5) is 0 Å². The molecule has 0 unspecified atom stereocenters. The van der Waals surface area contributed by atoms with E-state index < -0.39 is 0 Å². The highest BCUT2D eigenvalue weighted by Gasteiger charge is 2.34. The van der Waals surface area contributed by atoms with E-state index in [0.717, 1.165) is 13.1 Å². The zero-order chi connectivity index (χ0) is 18.0. The molecule has 3 heteroatoms. The first-order chi connectivity index (χ1) is 11.5. The molecule has 1 aromatic carbocycles. The number of benzene rings is 1. The maximum absolute atomic E-state index is 2.54. The van der Waals surface area contributed by atoms with Crippen LogP contribution in [0.1, 0.15) is 32.3 Å². The Kier molecular flexibility index (Phi) is 9.57. The van der Waals surface area contributed by atoms with Crippen molar-refractivity contribution in [1.82, 2.24) is 14.7 Å². The molecule has 0 radical (unpaired) electrons. The van der Waals surface area contributed by atoms with Crippen LogP contribution in [-0.2, 0) is 6.42 Å². The van der Waals surface area contributed by atoms with Gasteiger partial charge in [-0.2, -0.15) is 0 Å². The monoisotopic (exact) mass is 333 g/mol. The third kappa shape index (κ3) is 7.33. The third-order valence-electron chi connectivity index (χ3n) is 5.00. The Morgan fingerprint density at radius 2 is 1.54 bits per heavy atom. The van der Waals surface area contributed by atoms with E-state index in [1.807, 2.05) is 13.8 Å². The van der Waals surface area contributed by atoms with Crippen molar-refractivity contribution in [2.45, 2.75) is 33.1 Å². The summed E-state index contributed by atoms with van der Waals surface area (Å²) in [5.74, 6) is 0. The smallest absolute Gasteiger partial charge is 0.0106 e. The highest BCUT2D eigenvalue weighted by molar-refractivity contribution is 5.17. The van der Waals surface area contributed by atoms with Gasteiger partial charge in [-0.05, 0) is 71.5 Å². The van der Waals surface area contributed by atoms with Crippen LogP contribution >= 0.6 is 0 Å². The van der Waals surface area contributed by atoms with Gasteiger partial charge in [-0.3, -0.25) is 0 Å². The summed E-state index contributed by atoms with van der Waals surface area (Å²) in [6, 6.07) is 11.1. The third-order valence-corrected chi connectivity index (χ3v) is 5.00. The molecule has 24 heavy (non-hydrogen) atoms. The van der Waals surface area contributed by atoms with Crippen molar-refractivity contribution in [3.05, 3.63) is 35.9 Å². The molecule has 0 aromatic heterocycles. The van der Waals surface area contributed by atoms with Crippen LogP contribution in [0, 0.1) is 5.41 Å². The molecule has 2 rings (SSSR count). The zero-order valence-corrected chi connectivity index (χ0v) is 16.9. The Hall–Kier alpha value is -0.900. The fourth-order valence-corrected chi connectivity index (χ4v) is 3.53. The molecular formula is C21H39N3. The van der Waals surface area contributed by atoms with E-state index in [2.05, 4.69) is 73.2 Å². The summed E-state index contributed by atoms with van der Waals surface area (Å²) in [5.41, 5.74) is 1.93. The maximum Gasteiger partial charge on any atom is 0.0106 e. The van der Waals surface area contributed by atoms with Gasteiger partial charge in [-0.25, -0.2) is 0 Å². The van der Waals surface area contributed by atoms with Crippen LogP contribution in [0.3, 0.4) is 0 Å². The molecule has 1 aliphatic rings. The fraction of sp³-hybridized carbons (Fsp3) is 0.714. The minimum absolute atomic E-state index is 0.439. The molecule has 138 valence electrons. The predicted molar refractivity (Wildman–Crippen MR) is 107 cm³/mol. The largest absolute Gasteiger partial charge is 0.308 e. The molecule has 0 atom stereocenters. The van der Waals surface area contributed by atoms with Gasteiger partial charge in [0.25, 0.3) is 0 Å². The topological polar surface area (TPSA) is 9.72 Å². The zero-order valence-electron chi connectivity index (χ0n) is 16.9. The molecule has 0 aliphatic carbocycles. The summed E-state index contributed by atoms with van der Waals surface area (Å²) in [4.78, 5) is 7.28. The van der Waals surface area contributed by atoms with E-state index in [0.29, 0.717) is 5.41 Å². The molecule has 1 fully saturated rings. The Morgan fingerprint density at radius 1 is 0.958 bits per heavy atom. The standard InChI is InChI=1S/C19H33N3.C2H6/c1-20(2)14-15-22(4)17-19(10-12-21(3)13-11-19)16-18-8-6-5-7-9-18;1-2/h5-9H,10-17H2,1-4H3;1-2H3. The van der Waals surface area contributed by atoms with E-state index >= 15 is 0 Å². The number of nitrogens with zero attached hydrogens (tertiary/aromatic N) is 3. The van der Waals surface area contributed by atoms with Gasteiger partial charge in [0.15, 0.2) is 0 Å². The summed E-state index contributed by atoms with van der Waals surface area (Å²) < 4.78 is 0. The normalized spacial score (nSPS) is 17.7. The van der Waals surface area contributed by atoms with Crippen molar-refractivity contribution in [3.63, 3.8) is 0 Å². The summed E-state index contributed by atoms with van der Waals surface area (Å²) >= 11 is 0. The molecule has 1 heterocycles. The van der Waals surface area contributed by atoms with Crippen LogP contribution < -0.4 is 0 Å². The highest BCUT2D eigenvalue weighted by atomic mass is 15.2. The lowest BCUT2D eigenvalue weighted by atomic mass is 9.73. The number of likely N-dealkylation sites (tertiary alicyclic amines) is 1. The van der Waals surface area contributed by atoms with E-state index in [1.54, 1.807) is 0 Å². The van der Waals surface area contributed by atoms with Gasteiger partial charge in [-0.1, -0.05) is 44.2 Å². The van der Waals surface area contributed by atoms with Gasteiger partial charge < -0.3 is 14.7 Å². The first-order valence-corrected chi connectivity index (χ1v) is 9.55. The SMILES string of the molecule is CC.CN(C)CCN(C)CC1(Cc2ccccc2)CCN(C)CC1. The van der Waals surface area contributed by atoms with Gasteiger partial charge in [-0.15, -0.1) is 0 Å². The molecule has 0 amide bonds. The molecular weight excluding hydrogens is 294 g/mol. The average molecular weight is 334 g/mol. The molecule has 1 saturated heterocycles. The molecule has 0 N–H and O–H groups in total. The summed E-state index contributed by atoms with van der Waals surface area (Å²) in [5, 5.41) is 0. The fourth-order valence-electron chi connectivity index (χ4n) is 3.53. The first-order valence-electron chi connectivity index (χ1n) is 9.55. The molecule has 0 bridgehead atoms. The maximum atomic E-state index is 2.54. The lowest BCUT2D eigenvalue weighted by Gasteiger charge is -2.43. The van der Waals surface area contributed by atoms with Crippen LogP contribution in [0.25, 0.3) is 0 Å². The van der Waals surface area contributed by atoms with Crippen molar-refractivity contribution < 1.29 is 0 Å². The number of hydrogen-bond acceptors (Lipinski definition) is 3. The average Bonchev–Trinajstić information content (AvgIpc) is 2.58. The molecule has 1 aliphatic heterocycles. The van der Waals surface area contributed by atoms with Gasteiger partial charge in [0, 0.05) is 19.6 Å². The van der Waals surface area contributed by atoms with Crippen LogP contribution in [0.2, 0.25) is 0 Å². The Bertz CT molecular complexity index is 422. The van der Waals surface area contributed by atoms with E-state index in [-0.39, 0.29) is 0 Å². The number of piperidine rings is 1. The second kappa shape index (κ2) is 10.9. The van der Waals surface area contributed by atoms with Crippen molar-refractivity contribution in [2.75, 3.05) is 60.9 Å². The number of likely N-dealkylation sites (N-methyl/N-ethyl adjacent to an activating group) is 2. The predicted octanol–water partition coefficient (Wildman–Crippen LogP) is 3.46. The van der Waals surface area contributed by atoms with E-state index in [1.165, 1.54) is 44.5 Å². The second-order valence-corrected chi connectivity index (χ2v) is 7.51. The van der Waals surface area contributed by atoms with Crippen molar-refractivity contribution >= 4 is 0 Å². The summed E-state index contributed by atoms with van der Waals surface area (Å²) in [6.07, 6.45) is 3.84. The first kappa shape index (κ1) is 21.1. The van der Waals surface area contributed by atoms with E-state index in [9.17, 15) is 0 Å². The van der Waals surface area contributed by atoms with Crippen LogP contribution in [-0.4, -0.2) is 75.6 Å². The minimum Gasteiger partial charge on any atom is -0.308 e. The molecule has 0 spiro atoms. The van der Waals surface area contributed by atoms with Crippen molar-refractivity contribution in [3.8, 4) is 0 Å². The van der Waals surface area contributed by atoms with Gasteiger partial charge in [0.05, 0.1) is 0 Å². The van der Waals surface area contributed by atoms with Gasteiger partial charge in [0.1, 0.15) is 0 Å². The Balaban J connectivity index is 0.00000139. The number of rotatable bonds is 7. The van der Waals surface area contributed by atoms with Crippen LogP contribution in [0.15, 0.2) is 30.3 Å². The molecule has 0 saturated carbocycles. The Morgan fingerprint density at radius 3 is 2.08 bits per heavy atom.